The van der Waals surface area contributed by atoms with Crippen molar-refractivity contribution in [1.29, 1.82) is 0 Å². The third-order valence-electron chi connectivity index (χ3n) is 6.55. The summed E-state index contributed by atoms with van der Waals surface area (Å²) in [4.78, 5) is 6.22. The standard InChI is InChI=1S/C21H32N6OS/c1-4-28-18-13-17(21(18)9-6-10-21)24-20(22-11-8-16-7-5-12-29-16)23-14-19-26-25-15(2)27(19)3/h5,7,12,17-18H,4,6,8-11,13-14H2,1-3H3,(H2,22,23,24). The molecule has 2 fully saturated rings. The van der Waals surface area contributed by atoms with Crippen molar-refractivity contribution in [3.63, 3.8) is 0 Å². The van der Waals surface area contributed by atoms with Crippen molar-refractivity contribution in [3.05, 3.63) is 34.0 Å². The van der Waals surface area contributed by atoms with Gasteiger partial charge in [-0.25, -0.2) is 4.99 Å². The highest BCUT2D eigenvalue weighted by Crippen LogP contribution is 2.57. The number of aromatic nitrogens is 3. The quantitative estimate of drug-likeness (QED) is 0.511. The van der Waals surface area contributed by atoms with Crippen LogP contribution < -0.4 is 10.6 Å². The van der Waals surface area contributed by atoms with Gasteiger partial charge in [-0.05, 0) is 51.0 Å². The highest BCUT2D eigenvalue weighted by atomic mass is 32.1. The van der Waals surface area contributed by atoms with Crippen molar-refractivity contribution in [2.75, 3.05) is 13.2 Å². The lowest BCUT2D eigenvalue weighted by Gasteiger charge is -2.61. The maximum absolute atomic E-state index is 6.00. The topological polar surface area (TPSA) is 76.4 Å². The molecule has 4 rings (SSSR count). The van der Waals surface area contributed by atoms with Gasteiger partial charge in [0.2, 0.25) is 0 Å². The van der Waals surface area contributed by atoms with Gasteiger partial charge in [0.1, 0.15) is 12.4 Å². The summed E-state index contributed by atoms with van der Waals surface area (Å²) in [5.74, 6) is 2.65. The molecule has 1 spiro atoms. The third-order valence-corrected chi connectivity index (χ3v) is 7.49. The maximum atomic E-state index is 6.00. The van der Waals surface area contributed by atoms with Crippen LogP contribution in [0, 0.1) is 12.3 Å². The Balaban J connectivity index is 1.41. The van der Waals surface area contributed by atoms with Gasteiger partial charge in [-0.3, -0.25) is 0 Å². The number of guanidine groups is 1. The van der Waals surface area contributed by atoms with E-state index in [0.29, 0.717) is 24.1 Å². The molecule has 29 heavy (non-hydrogen) atoms. The van der Waals surface area contributed by atoms with Gasteiger partial charge in [0.15, 0.2) is 11.8 Å². The van der Waals surface area contributed by atoms with Crippen LogP contribution in [0.5, 0.6) is 0 Å². The van der Waals surface area contributed by atoms with Crippen molar-refractivity contribution in [2.45, 2.75) is 64.6 Å². The molecule has 2 heterocycles. The molecule has 0 radical (unpaired) electrons. The Morgan fingerprint density at radius 1 is 1.41 bits per heavy atom. The second kappa shape index (κ2) is 8.83. The van der Waals surface area contributed by atoms with E-state index in [-0.39, 0.29) is 0 Å². The zero-order chi connectivity index (χ0) is 20.3. The van der Waals surface area contributed by atoms with E-state index in [1.54, 1.807) is 11.3 Å². The molecule has 0 aromatic carbocycles. The molecule has 0 bridgehead atoms. The van der Waals surface area contributed by atoms with Crippen LogP contribution in [-0.2, 0) is 24.8 Å². The van der Waals surface area contributed by atoms with Crippen LogP contribution in [0.1, 0.15) is 49.1 Å². The van der Waals surface area contributed by atoms with Gasteiger partial charge in [0, 0.05) is 36.5 Å². The lowest BCUT2D eigenvalue weighted by atomic mass is 9.51. The predicted molar refractivity (Wildman–Crippen MR) is 116 cm³/mol. The van der Waals surface area contributed by atoms with Crippen LogP contribution in [-0.4, -0.2) is 46.0 Å². The molecule has 2 N–H and O–H groups in total. The van der Waals surface area contributed by atoms with Gasteiger partial charge >= 0.3 is 0 Å². The summed E-state index contributed by atoms with van der Waals surface area (Å²) in [6.45, 7) is 6.22. The number of nitrogens with one attached hydrogen (secondary N) is 2. The van der Waals surface area contributed by atoms with E-state index in [2.05, 4.69) is 45.3 Å². The van der Waals surface area contributed by atoms with Crippen molar-refractivity contribution < 1.29 is 4.74 Å². The predicted octanol–water partition coefficient (Wildman–Crippen LogP) is 2.81. The van der Waals surface area contributed by atoms with E-state index in [1.807, 2.05) is 18.5 Å². The first-order valence-electron chi connectivity index (χ1n) is 10.7. The van der Waals surface area contributed by atoms with Crippen molar-refractivity contribution >= 4 is 17.3 Å². The zero-order valence-electron chi connectivity index (χ0n) is 17.6. The number of hydrogen-bond acceptors (Lipinski definition) is 5. The summed E-state index contributed by atoms with van der Waals surface area (Å²) in [5, 5.41) is 17.8. The fourth-order valence-electron chi connectivity index (χ4n) is 4.46. The second-order valence-electron chi connectivity index (χ2n) is 8.11. The Labute approximate surface area is 177 Å². The Hall–Kier alpha value is -1.93. The molecular weight excluding hydrogens is 384 g/mol. The van der Waals surface area contributed by atoms with Gasteiger partial charge in [-0.2, -0.15) is 0 Å². The van der Waals surface area contributed by atoms with E-state index in [1.165, 1.54) is 24.1 Å². The Morgan fingerprint density at radius 3 is 2.90 bits per heavy atom. The molecule has 2 aliphatic rings. The van der Waals surface area contributed by atoms with Gasteiger partial charge in [-0.15, -0.1) is 21.5 Å². The van der Waals surface area contributed by atoms with Crippen LogP contribution in [0.3, 0.4) is 0 Å². The van der Waals surface area contributed by atoms with Gasteiger partial charge < -0.3 is 19.9 Å². The molecule has 2 saturated carbocycles. The molecule has 0 saturated heterocycles. The lowest BCUT2D eigenvalue weighted by molar-refractivity contribution is -0.168. The van der Waals surface area contributed by atoms with Gasteiger partial charge in [0.05, 0.1) is 6.10 Å². The summed E-state index contributed by atoms with van der Waals surface area (Å²) in [7, 11) is 1.99. The Morgan fingerprint density at radius 2 is 2.28 bits per heavy atom. The number of aryl methyl sites for hydroxylation is 1. The first-order valence-corrected chi connectivity index (χ1v) is 11.5. The minimum Gasteiger partial charge on any atom is -0.378 e. The molecule has 2 atom stereocenters. The molecule has 0 aliphatic heterocycles. The average molecular weight is 417 g/mol. The fraction of sp³-hybridized carbons (Fsp3) is 0.667. The third kappa shape index (κ3) is 4.19. The average Bonchev–Trinajstić information content (AvgIpc) is 3.28. The minimum absolute atomic E-state index is 0.299. The minimum atomic E-state index is 0.299. The summed E-state index contributed by atoms with van der Waals surface area (Å²) in [6.07, 6.45) is 6.26. The van der Waals surface area contributed by atoms with Crippen LogP contribution in [0.4, 0.5) is 0 Å². The van der Waals surface area contributed by atoms with Crippen molar-refractivity contribution in [2.24, 2.45) is 17.5 Å². The first-order chi connectivity index (χ1) is 14.1. The van der Waals surface area contributed by atoms with E-state index < -0.39 is 0 Å². The number of thiophene rings is 1. The Bertz CT molecular complexity index is 826. The molecular formula is C21H32N6OS. The van der Waals surface area contributed by atoms with Crippen molar-refractivity contribution in [1.82, 2.24) is 25.4 Å². The number of aliphatic imine (C=N–C) groups is 1. The SMILES string of the molecule is CCOC1CC(NC(=NCc2nnc(C)n2C)NCCc2cccs2)C12CCC2. The summed E-state index contributed by atoms with van der Waals surface area (Å²) in [5.41, 5.74) is 0.299. The number of nitrogens with zero attached hydrogens (tertiary/aromatic N) is 4. The van der Waals surface area contributed by atoms with Gasteiger partial charge in [0.25, 0.3) is 0 Å². The molecule has 2 aromatic heterocycles. The number of hydrogen-bond donors (Lipinski definition) is 2. The molecule has 0 amide bonds. The summed E-state index contributed by atoms with van der Waals surface area (Å²) in [6, 6.07) is 4.72. The van der Waals surface area contributed by atoms with Crippen LogP contribution in [0.15, 0.2) is 22.5 Å². The molecule has 2 aliphatic carbocycles. The summed E-state index contributed by atoms with van der Waals surface area (Å²) < 4.78 is 8.00. The smallest absolute Gasteiger partial charge is 0.191 e. The maximum Gasteiger partial charge on any atom is 0.191 e. The molecule has 7 nitrogen and oxygen atoms in total. The van der Waals surface area contributed by atoms with Crippen molar-refractivity contribution in [3.8, 4) is 0 Å². The van der Waals surface area contributed by atoms with Gasteiger partial charge in [-0.1, -0.05) is 12.5 Å². The van der Waals surface area contributed by atoms with E-state index in [4.69, 9.17) is 9.73 Å². The molecule has 8 heteroatoms. The zero-order valence-corrected chi connectivity index (χ0v) is 18.5. The number of rotatable bonds is 8. The molecule has 2 aromatic rings. The van der Waals surface area contributed by atoms with E-state index in [0.717, 1.165) is 43.6 Å². The highest BCUT2D eigenvalue weighted by Gasteiger charge is 2.59. The molecule has 158 valence electrons. The number of ether oxygens (including phenoxy) is 1. The highest BCUT2D eigenvalue weighted by molar-refractivity contribution is 7.09. The fourth-order valence-corrected chi connectivity index (χ4v) is 5.16. The van der Waals surface area contributed by atoms with Crippen LogP contribution in [0.2, 0.25) is 0 Å². The summed E-state index contributed by atoms with van der Waals surface area (Å²) >= 11 is 1.80. The van der Waals surface area contributed by atoms with Crippen LogP contribution in [0.25, 0.3) is 0 Å². The molecule has 2 unspecified atom stereocenters. The lowest BCUT2D eigenvalue weighted by Crippen LogP contribution is -2.68. The van der Waals surface area contributed by atoms with E-state index in [9.17, 15) is 0 Å². The van der Waals surface area contributed by atoms with E-state index >= 15 is 0 Å². The Kier molecular flexibility index (Phi) is 6.20. The second-order valence-corrected chi connectivity index (χ2v) is 9.14. The largest absolute Gasteiger partial charge is 0.378 e. The first kappa shape index (κ1) is 20.3. The monoisotopic (exact) mass is 416 g/mol. The normalized spacial score (nSPS) is 22.9. The van der Waals surface area contributed by atoms with Crippen LogP contribution >= 0.6 is 11.3 Å².